The molecule has 3 aromatic rings. The Morgan fingerprint density at radius 1 is 0.897 bits per heavy atom. The highest BCUT2D eigenvalue weighted by molar-refractivity contribution is 6.14. The number of para-hydroxylation sites is 1. The van der Waals surface area contributed by atoms with Crippen molar-refractivity contribution < 1.29 is 9.53 Å². The minimum absolute atomic E-state index is 0.000893. The first-order valence-corrected chi connectivity index (χ1v) is 9.76. The van der Waals surface area contributed by atoms with Gasteiger partial charge in [0.15, 0.2) is 0 Å². The summed E-state index contributed by atoms with van der Waals surface area (Å²) >= 11 is 0. The zero-order chi connectivity index (χ0) is 20.2. The van der Waals surface area contributed by atoms with Crippen molar-refractivity contribution in [1.29, 1.82) is 0 Å². The molecule has 0 aliphatic carbocycles. The van der Waals surface area contributed by atoms with E-state index >= 15 is 0 Å². The zero-order valence-corrected chi connectivity index (χ0v) is 16.8. The molecule has 0 atom stereocenters. The normalized spacial score (nSPS) is 13.0. The third-order valence-corrected chi connectivity index (χ3v) is 5.26. The van der Waals surface area contributed by atoms with Crippen LogP contribution in [0.15, 0.2) is 72.8 Å². The summed E-state index contributed by atoms with van der Waals surface area (Å²) in [5.74, 6) is 0.735. The number of anilines is 3. The quantitative estimate of drug-likeness (QED) is 0.644. The van der Waals surface area contributed by atoms with Crippen LogP contribution < -0.4 is 19.9 Å². The fourth-order valence-electron chi connectivity index (χ4n) is 3.70. The number of benzene rings is 3. The maximum Gasteiger partial charge on any atom is 0.260 e. The zero-order valence-electron chi connectivity index (χ0n) is 16.8. The molecule has 1 aliphatic rings. The fourth-order valence-corrected chi connectivity index (χ4v) is 3.70. The number of fused-ring (bicyclic) bond motifs is 2. The predicted molar refractivity (Wildman–Crippen MR) is 117 cm³/mol. The Morgan fingerprint density at radius 3 is 2.45 bits per heavy atom. The molecule has 148 valence electrons. The maximum atomic E-state index is 13.4. The minimum Gasteiger partial charge on any atom is -0.497 e. The topological polar surface area (TPSA) is 44.8 Å². The second-order valence-corrected chi connectivity index (χ2v) is 7.05. The summed E-state index contributed by atoms with van der Waals surface area (Å²) in [5.41, 5.74) is 4.67. The van der Waals surface area contributed by atoms with Crippen LogP contribution in [0.1, 0.15) is 15.9 Å². The van der Waals surface area contributed by atoms with Crippen LogP contribution in [0.5, 0.6) is 5.75 Å². The molecule has 0 saturated carbocycles. The smallest absolute Gasteiger partial charge is 0.260 e. The molecule has 0 saturated heterocycles. The molecule has 3 aromatic carbocycles. The van der Waals surface area contributed by atoms with Crippen molar-refractivity contribution in [3.05, 3.63) is 83.9 Å². The van der Waals surface area contributed by atoms with Crippen molar-refractivity contribution >= 4 is 23.0 Å². The molecule has 1 N–H and O–H groups in total. The van der Waals surface area contributed by atoms with Crippen LogP contribution in [0.4, 0.5) is 17.1 Å². The first-order valence-electron chi connectivity index (χ1n) is 9.76. The standard InChI is InChI=1S/C24H25N3O2/c1-26-21-11-7-6-10-20(21)24(28)27(23-16-19(29-2)12-13-22(23)26)15-14-25-17-18-8-4-3-5-9-18/h3-13,16,25H,14-15,17H2,1-2H3. The number of nitrogens with one attached hydrogen (secondary N) is 1. The van der Waals surface area contributed by atoms with Crippen molar-refractivity contribution in [2.75, 3.05) is 37.0 Å². The van der Waals surface area contributed by atoms with Crippen LogP contribution in [0.3, 0.4) is 0 Å². The lowest BCUT2D eigenvalue weighted by Gasteiger charge is -2.25. The molecule has 1 amide bonds. The SMILES string of the molecule is COc1ccc2c(c1)N(CCNCc1ccccc1)C(=O)c1ccccc1N2C. The van der Waals surface area contributed by atoms with Crippen molar-refractivity contribution in [2.24, 2.45) is 0 Å². The molecule has 0 unspecified atom stereocenters. The summed E-state index contributed by atoms with van der Waals surface area (Å²) in [5, 5.41) is 3.45. The average molecular weight is 387 g/mol. The van der Waals surface area contributed by atoms with Gasteiger partial charge in [-0.2, -0.15) is 0 Å². The van der Waals surface area contributed by atoms with Gasteiger partial charge in [-0.25, -0.2) is 0 Å². The average Bonchev–Trinajstić information content (AvgIpc) is 2.86. The van der Waals surface area contributed by atoms with Gasteiger partial charge in [0.2, 0.25) is 0 Å². The van der Waals surface area contributed by atoms with Gasteiger partial charge in [0.25, 0.3) is 5.91 Å². The molecule has 29 heavy (non-hydrogen) atoms. The third-order valence-electron chi connectivity index (χ3n) is 5.26. The van der Waals surface area contributed by atoms with Gasteiger partial charge in [-0.15, -0.1) is 0 Å². The highest BCUT2D eigenvalue weighted by Crippen LogP contribution is 2.41. The summed E-state index contributed by atoms with van der Waals surface area (Å²) in [4.78, 5) is 17.4. The molecule has 4 rings (SSSR count). The maximum absolute atomic E-state index is 13.4. The van der Waals surface area contributed by atoms with Crippen molar-refractivity contribution in [2.45, 2.75) is 6.54 Å². The first-order chi connectivity index (χ1) is 14.2. The third kappa shape index (κ3) is 3.82. The van der Waals surface area contributed by atoms with Crippen LogP contribution in [0.25, 0.3) is 0 Å². The summed E-state index contributed by atoms with van der Waals surface area (Å²) in [6, 6.07) is 23.9. The van der Waals surface area contributed by atoms with E-state index in [0.717, 1.165) is 29.4 Å². The van der Waals surface area contributed by atoms with Gasteiger partial charge in [0.1, 0.15) is 5.75 Å². The second kappa shape index (κ2) is 8.37. The van der Waals surface area contributed by atoms with Crippen LogP contribution in [-0.4, -0.2) is 33.2 Å². The number of ether oxygens (including phenoxy) is 1. The highest BCUT2D eigenvalue weighted by atomic mass is 16.5. The summed E-state index contributed by atoms with van der Waals surface area (Å²) in [7, 11) is 3.64. The number of hydrogen-bond acceptors (Lipinski definition) is 4. The molecule has 0 fully saturated rings. The Balaban J connectivity index is 1.62. The molecule has 5 nitrogen and oxygen atoms in total. The minimum atomic E-state index is 0.000893. The van der Waals surface area contributed by atoms with Gasteiger partial charge in [-0.05, 0) is 29.8 Å². The van der Waals surface area contributed by atoms with E-state index in [1.165, 1.54) is 5.56 Å². The van der Waals surface area contributed by atoms with E-state index in [1.807, 2.05) is 72.6 Å². The van der Waals surface area contributed by atoms with E-state index in [0.29, 0.717) is 18.7 Å². The van der Waals surface area contributed by atoms with E-state index in [1.54, 1.807) is 7.11 Å². The number of rotatable bonds is 6. The lowest BCUT2D eigenvalue weighted by molar-refractivity contribution is 0.0988. The van der Waals surface area contributed by atoms with Gasteiger partial charge in [0.05, 0.1) is 29.7 Å². The van der Waals surface area contributed by atoms with Crippen LogP contribution >= 0.6 is 0 Å². The summed E-state index contributed by atoms with van der Waals surface area (Å²) < 4.78 is 5.43. The van der Waals surface area contributed by atoms with Crippen LogP contribution in [0, 0.1) is 0 Å². The van der Waals surface area contributed by atoms with Crippen molar-refractivity contribution in [3.63, 3.8) is 0 Å². The van der Waals surface area contributed by atoms with E-state index in [4.69, 9.17) is 4.74 Å². The van der Waals surface area contributed by atoms with Crippen LogP contribution in [-0.2, 0) is 6.54 Å². The van der Waals surface area contributed by atoms with Gasteiger partial charge in [-0.1, -0.05) is 42.5 Å². The Labute approximate surface area is 171 Å². The Bertz CT molecular complexity index is 1000. The Hall–Kier alpha value is -3.31. The van der Waals surface area contributed by atoms with Crippen molar-refractivity contribution in [1.82, 2.24) is 5.32 Å². The molecular weight excluding hydrogens is 362 g/mol. The van der Waals surface area contributed by atoms with Gasteiger partial charge in [-0.3, -0.25) is 4.79 Å². The molecule has 1 aliphatic heterocycles. The van der Waals surface area contributed by atoms with E-state index in [-0.39, 0.29) is 5.91 Å². The Morgan fingerprint density at radius 2 is 1.66 bits per heavy atom. The number of methoxy groups -OCH3 is 1. The molecular formula is C24H25N3O2. The predicted octanol–water partition coefficient (Wildman–Crippen LogP) is 4.21. The molecule has 0 aromatic heterocycles. The lowest BCUT2D eigenvalue weighted by Crippen LogP contribution is -2.36. The van der Waals surface area contributed by atoms with Crippen molar-refractivity contribution in [3.8, 4) is 5.75 Å². The Kier molecular flexibility index (Phi) is 5.49. The summed E-state index contributed by atoms with van der Waals surface area (Å²) in [6.07, 6.45) is 0. The largest absolute Gasteiger partial charge is 0.497 e. The fraction of sp³-hybridized carbons (Fsp3) is 0.208. The molecule has 0 radical (unpaired) electrons. The van der Waals surface area contributed by atoms with E-state index < -0.39 is 0 Å². The van der Waals surface area contributed by atoms with Gasteiger partial charge >= 0.3 is 0 Å². The monoisotopic (exact) mass is 387 g/mol. The molecule has 0 bridgehead atoms. The highest BCUT2D eigenvalue weighted by Gasteiger charge is 2.29. The second-order valence-electron chi connectivity index (χ2n) is 7.05. The van der Waals surface area contributed by atoms with E-state index in [2.05, 4.69) is 22.3 Å². The number of carbonyl (C=O) groups is 1. The number of hydrogen-bond donors (Lipinski definition) is 1. The van der Waals surface area contributed by atoms with Crippen LogP contribution in [0.2, 0.25) is 0 Å². The number of nitrogens with zero attached hydrogens (tertiary/aromatic N) is 2. The molecule has 5 heteroatoms. The first kappa shape index (κ1) is 19.0. The molecule has 1 heterocycles. The summed E-state index contributed by atoms with van der Waals surface area (Å²) in [6.45, 7) is 2.02. The lowest BCUT2D eigenvalue weighted by atomic mass is 10.1. The van der Waals surface area contributed by atoms with E-state index in [9.17, 15) is 4.79 Å². The van der Waals surface area contributed by atoms with Gasteiger partial charge < -0.3 is 19.9 Å². The van der Waals surface area contributed by atoms with Gasteiger partial charge in [0, 0.05) is 32.7 Å². The molecule has 0 spiro atoms. The number of amides is 1. The number of carbonyl (C=O) groups excluding carboxylic acids is 1.